The SMILES string of the molecule is C[C@H]1CCCN(C(=O)CN2CCN(S(=O)(=O)c3ccc(C(C)(C)C)cc3)CC2)C1. The number of hydrogen-bond donors (Lipinski definition) is 0. The lowest BCUT2D eigenvalue weighted by atomic mass is 9.87. The van der Waals surface area contributed by atoms with Crippen molar-refractivity contribution in [3.63, 3.8) is 0 Å². The van der Waals surface area contributed by atoms with Crippen molar-refractivity contribution in [2.24, 2.45) is 5.92 Å². The molecule has 0 radical (unpaired) electrons. The normalized spacial score (nSPS) is 22.6. The second-order valence-corrected chi connectivity index (χ2v) is 11.5. The van der Waals surface area contributed by atoms with Gasteiger partial charge >= 0.3 is 0 Å². The van der Waals surface area contributed by atoms with Crippen LogP contribution in [0, 0.1) is 5.92 Å². The van der Waals surface area contributed by atoms with Crippen LogP contribution in [-0.2, 0) is 20.2 Å². The van der Waals surface area contributed by atoms with E-state index >= 15 is 0 Å². The van der Waals surface area contributed by atoms with E-state index in [0.29, 0.717) is 43.5 Å². The lowest BCUT2D eigenvalue weighted by Crippen LogP contribution is -2.52. The van der Waals surface area contributed by atoms with E-state index in [0.717, 1.165) is 25.1 Å². The molecule has 0 aromatic heterocycles. The molecule has 0 N–H and O–H groups in total. The zero-order valence-electron chi connectivity index (χ0n) is 18.2. The zero-order valence-corrected chi connectivity index (χ0v) is 19.0. The maximum Gasteiger partial charge on any atom is 0.243 e. The minimum atomic E-state index is -3.49. The molecule has 29 heavy (non-hydrogen) atoms. The first-order valence-electron chi connectivity index (χ1n) is 10.7. The number of rotatable bonds is 4. The molecule has 0 saturated carbocycles. The highest BCUT2D eigenvalue weighted by Crippen LogP contribution is 2.25. The fourth-order valence-electron chi connectivity index (χ4n) is 4.11. The first-order valence-corrected chi connectivity index (χ1v) is 12.1. The molecule has 1 aromatic rings. The minimum absolute atomic E-state index is 0.00734. The van der Waals surface area contributed by atoms with E-state index in [2.05, 4.69) is 32.6 Å². The number of carbonyl (C=O) groups is 1. The largest absolute Gasteiger partial charge is 0.341 e. The molecule has 0 unspecified atom stereocenters. The molecule has 7 heteroatoms. The molecule has 0 spiro atoms. The van der Waals surface area contributed by atoms with Gasteiger partial charge in [-0.25, -0.2) is 8.42 Å². The first-order chi connectivity index (χ1) is 13.6. The predicted octanol–water partition coefficient (Wildman–Crippen LogP) is 2.55. The molecular formula is C22H35N3O3S. The van der Waals surface area contributed by atoms with Crippen LogP contribution in [0.1, 0.15) is 46.1 Å². The van der Waals surface area contributed by atoms with Crippen LogP contribution in [0.4, 0.5) is 0 Å². The van der Waals surface area contributed by atoms with Crippen molar-refractivity contribution in [3.05, 3.63) is 29.8 Å². The Hall–Kier alpha value is -1.44. The summed E-state index contributed by atoms with van der Waals surface area (Å²) in [5.41, 5.74) is 1.11. The molecule has 6 nitrogen and oxygen atoms in total. The Kier molecular flexibility index (Phi) is 6.70. The number of piperazine rings is 1. The molecule has 0 aliphatic carbocycles. The highest BCUT2D eigenvalue weighted by atomic mass is 32.2. The fraction of sp³-hybridized carbons (Fsp3) is 0.682. The van der Waals surface area contributed by atoms with Crippen molar-refractivity contribution < 1.29 is 13.2 Å². The molecule has 0 bridgehead atoms. The van der Waals surface area contributed by atoms with E-state index < -0.39 is 10.0 Å². The molecule has 3 rings (SSSR count). The van der Waals surface area contributed by atoms with Crippen LogP contribution < -0.4 is 0 Å². The number of piperidine rings is 1. The third kappa shape index (κ3) is 5.38. The van der Waals surface area contributed by atoms with Crippen LogP contribution in [0.3, 0.4) is 0 Å². The van der Waals surface area contributed by atoms with Gasteiger partial charge in [-0.05, 0) is 41.9 Å². The molecule has 1 amide bonds. The summed E-state index contributed by atoms with van der Waals surface area (Å²) in [6.07, 6.45) is 2.27. The van der Waals surface area contributed by atoms with Crippen LogP contribution in [0.15, 0.2) is 29.2 Å². The zero-order chi connectivity index (χ0) is 21.2. The quantitative estimate of drug-likeness (QED) is 0.750. The van der Waals surface area contributed by atoms with Crippen molar-refractivity contribution in [1.82, 2.24) is 14.1 Å². The summed E-state index contributed by atoms with van der Waals surface area (Å²) in [6, 6.07) is 7.23. The lowest BCUT2D eigenvalue weighted by molar-refractivity contribution is -0.134. The maximum absolute atomic E-state index is 13.0. The van der Waals surface area contributed by atoms with Gasteiger partial charge in [0.05, 0.1) is 11.4 Å². The van der Waals surface area contributed by atoms with E-state index in [1.54, 1.807) is 16.4 Å². The van der Waals surface area contributed by atoms with Gasteiger partial charge in [0.25, 0.3) is 0 Å². The summed E-state index contributed by atoms with van der Waals surface area (Å²) in [7, 11) is -3.49. The molecule has 2 heterocycles. The summed E-state index contributed by atoms with van der Waals surface area (Å²) >= 11 is 0. The topological polar surface area (TPSA) is 60.9 Å². The average molecular weight is 422 g/mol. The highest BCUT2D eigenvalue weighted by Gasteiger charge is 2.30. The molecule has 162 valence electrons. The Morgan fingerprint density at radius 2 is 1.66 bits per heavy atom. The van der Waals surface area contributed by atoms with E-state index in [4.69, 9.17) is 0 Å². The van der Waals surface area contributed by atoms with Gasteiger partial charge in [0, 0.05) is 39.3 Å². The number of carbonyl (C=O) groups excluding carboxylic acids is 1. The fourth-order valence-corrected chi connectivity index (χ4v) is 5.53. The number of nitrogens with zero attached hydrogens (tertiary/aromatic N) is 3. The number of likely N-dealkylation sites (tertiary alicyclic amines) is 1. The molecule has 2 fully saturated rings. The van der Waals surface area contributed by atoms with Crippen LogP contribution >= 0.6 is 0 Å². The second-order valence-electron chi connectivity index (χ2n) is 9.54. The summed E-state index contributed by atoms with van der Waals surface area (Å²) in [5.74, 6) is 0.741. The molecule has 1 aromatic carbocycles. The minimum Gasteiger partial charge on any atom is -0.341 e. The highest BCUT2D eigenvalue weighted by molar-refractivity contribution is 7.89. The predicted molar refractivity (Wildman–Crippen MR) is 115 cm³/mol. The lowest BCUT2D eigenvalue weighted by Gasteiger charge is -2.36. The Morgan fingerprint density at radius 3 is 2.21 bits per heavy atom. The monoisotopic (exact) mass is 421 g/mol. The summed E-state index contributed by atoms with van der Waals surface area (Å²) in [6.45, 7) is 12.6. The summed E-state index contributed by atoms with van der Waals surface area (Å²) in [5, 5.41) is 0. The average Bonchev–Trinajstić information content (AvgIpc) is 2.68. The number of sulfonamides is 1. The maximum atomic E-state index is 13.0. The van der Waals surface area contributed by atoms with Gasteiger partial charge in [-0.3, -0.25) is 9.69 Å². The van der Waals surface area contributed by atoms with E-state index in [1.165, 1.54) is 6.42 Å². The Labute approximate surface area is 175 Å². The van der Waals surface area contributed by atoms with Crippen LogP contribution in [0.25, 0.3) is 0 Å². The Morgan fingerprint density at radius 1 is 1.03 bits per heavy atom. The van der Waals surface area contributed by atoms with Gasteiger partial charge in [0.2, 0.25) is 15.9 Å². The van der Waals surface area contributed by atoms with Gasteiger partial charge in [-0.1, -0.05) is 39.8 Å². The van der Waals surface area contributed by atoms with Crippen LogP contribution in [0.5, 0.6) is 0 Å². The van der Waals surface area contributed by atoms with E-state index in [9.17, 15) is 13.2 Å². The van der Waals surface area contributed by atoms with Gasteiger partial charge in [-0.15, -0.1) is 0 Å². The van der Waals surface area contributed by atoms with Crippen molar-refractivity contribution in [2.45, 2.75) is 50.8 Å². The molecular weight excluding hydrogens is 386 g/mol. The van der Waals surface area contributed by atoms with Crippen molar-refractivity contribution >= 4 is 15.9 Å². The summed E-state index contributed by atoms with van der Waals surface area (Å²) in [4.78, 5) is 17.0. The number of amides is 1. The second kappa shape index (κ2) is 8.74. The van der Waals surface area contributed by atoms with E-state index in [-0.39, 0.29) is 11.3 Å². The molecule has 2 aliphatic heterocycles. The van der Waals surface area contributed by atoms with Crippen molar-refractivity contribution in [3.8, 4) is 0 Å². The first kappa shape index (κ1) is 22.2. The standard InChI is InChI=1S/C22H35N3O3S/c1-18-6-5-11-24(16-18)21(26)17-23-12-14-25(15-13-23)29(27,28)20-9-7-19(8-10-20)22(2,3)4/h7-10,18H,5-6,11-17H2,1-4H3/t18-/m0/s1. The van der Waals surface area contributed by atoms with E-state index in [1.807, 2.05) is 17.0 Å². The van der Waals surface area contributed by atoms with Crippen LogP contribution in [0.2, 0.25) is 0 Å². The van der Waals surface area contributed by atoms with Gasteiger partial charge in [0.1, 0.15) is 0 Å². The third-order valence-corrected chi connectivity index (χ3v) is 7.97. The van der Waals surface area contributed by atoms with Gasteiger partial charge < -0.3 is 4.90 Å². The number of benzene rings is 1. The van der Waals surface area contributed by atoms with Gasteiger partial charge in [-0.2, -0.15) is 4.31 Å². The van der Waals surface area contributed by atoms with Crippen molar-refractivity contribution in [1.29, 1.82) is 0 Å². The molecule has 2 saturated heterocycles. The summed E-state index contributed by atoms with van der Waals surface area (Å²) < 4.78 is 27.5. The smallest absolute Gasteiger partial charge is 0.243 e. The van der Waals surface area contributed by atoms with Crippen molar-refractivity contribution in [2.75, 3.05) is 45.8 Å². The Bertz CT molecular complexity index is 807. The number of hydrogen-bond acceptors (Lipinski definition) is 4. The van der Waals surface area contributed by atoms with Gasteiger partial charge in [0.15, 0.2) is 0 Å². The Balaban J connectivity index is 1.56. The van der Waals surface area contributed by atoms with Crippen LogP contribution in [-0.4, -0.2) is 74.2 Å². The molecule has 2 aliphatic rings. The molecule has 1 atom stereocenters. The third-order valence-electron chi connectivity index (χ3n) is 6.06.